The normalized spacial score (nSPS) is 10.8. The third-order valence-electron chi connectivity index (χ3n) is 2.04. The van der Waals surface area contributed by atoms with Gasteiger partial charge in [0.15, 0.2) is 0 Å². The molecule has 1 amide bonds. The molecule has 82 valence electrons. The molecule has 0 aromatic carbocycles. The van der Waals surface area contributed by atoms with Crippen molar-refractivity contribution >= 4 is 5.91 Å². The molecule has 0 spiro atoms. The van der Waals surface area contributed by atoms with E-state index < -0.39 is 0 Å². The van der Waals surface area contributed by atoms with Gasteiger partial charge in [-0.25, -0.2) is 5.06 Å². The van der Waals surface area contributed by atoms with Gasteiger partial charge in [0.05, 0.1) is 7.11 Å². The molecule has 0 bridgehead atoms. The van der Waals surface area contributed by atoms with Crippen molar-refractivity contribution in [3.05, 3.63) is 12.2 Å². The maximum atomic E-state index is 11.2. The lowest BCUT2D eigenvalue weighted by atomic mass is 10.2. The van der Waals surface area contributed by atoms with Crippen LogP contribution in [0.3, 0.4) is 0 Å². The monoisotopic (exact) mass is 199 g/mol. The number of amides is 1. The number of carbonyl (C=O) groups is 1. The van der Waals surface area contributed by atoms with E-state index in [-0.39, 0.29) is 5.91 Å². The van der Waals surface area contributed by atoms with E-state index >= 15 is 0 Å². The van der Waals surface area contributed by atoms with Crippen molar-refractivity contribution in [3.63, 3.8) is 0 Å². The summed E-state index contributed by atoms with van der Waals surface area (Å²) in [6.07, 6.45) is 9.06. The van der Waals surface area contributed by atoms with E-state index in [1.807, 2.05) is 0 Å². The Morgan fingerprint density at radius 3 is 2.64 bits per heavy atom. The molecule has 0 aliphatic carbocycles. The second kappa shape index (κ2) is 8.75. The maximum Gasteiger partial charge on any atom is 0.245 e. The fraction of sp³-hybridized carbons (Fsp3) is 0.727. The lowest BCUT2D eigenvalue weighted by Crippen LogP contribution is -2.24. The zero-order valence-corrected chi connectivity index (χ0v) is 9.45. The van der Waals surface area contributed by atoms with Crippen LogP contribution in [0, 0.1) is 0 Å². The Morgan fingerprint density at radius 2 is 2.07 bits per heavy atom. The van der Waals surface area contributed by atoms with Crippen LogP contribution in [0.25, 0.3) is 0 Å². The minimum Gasteiger partial charge on any atom is -0.275 e. The molecule has 0 heterocycles. The smallest absolute Gasteiger partial charge is 0.245 e. The Balaban J connectivity index is 3.36. The van der Waals surface area contributed by atoms with Crippen molar-refractivity contribution in [2.75, 3.05) is 14.2 Å². The molecule has 0 saturated carbocycles. The van der Waals surface area contributed by atoms with E-state index in [2.05, 4.69) is 19.1 Å². The quantitative estimate of drug-likeness (QED) is 0.358. The Kier molecular flexibility index (Phi) is 8.24. The van der Waals surface area contributed by atoms with Gasteiger partial charge in [0.2, 0.25) is 5.91 Å². The fourth-order valence-electron chi connectivity index (χ4n) is 1.08. The number of rotatable bonds is 7. The van der Waals surface area contributed by atoms with Gasteiger partial charge in [0, 0.05) is 13.5 Å². The molecule has 0 rings (SSSR count). The molecule has 0 fully saturated rings. The summed E-state index contributed by atoms with van der Waals surface area (Å²) in [5.74, 6) is 0.0481. The number of allylic oxidation sites excluding steroid dienone is 2. The van der Waals surface area contributed by atoms with Crippen LogP contribution < -0.4 is 0 Å². The summed E-state index contributed by atoms with van der Waals surface area (Å²) >= 11 is 0. The predicted octanol–water partition coefficient (Wildman–Crippen LogP) is 2.53. The first-order valence-corrected chi connectivity index (χ1v) is 5.18. The van der Waals surface area contributed by atoms with Gasteiger partial charge in [0.25, 0.3) is 0 Å². The molecule has 0 N–H and O–H groups in total. The highest BCUT2D eigenvalue weighted by molar-refractivity contribution is 5.74. The van der Waals surface area contributed by atoms with Crippen molar-refractivity contribution in [1.29, 1.82) is 0 Å². The molecule has 0 aliphatic rings. The number of hydroxylamine groups is 2. The minimum atomic E-state index is 0.0481. The summed E-state index contributed by atoms with van der Waals surface area (Å²) in [6, 6.07) is 0. The number of carbonyl (C=O) groups excluding carboxylic acids is 1. The Morgan fingerprint density at radius 1 is 1.36 bits per heavy atom. The topological polar surface area (TPSA) is 29.5 Å². The molecule has 0 saturated heterocycles. The summed E-state index contributed by atoms with van der Waals surface area (Å²) in [4.78, 5) is 16.0. The van der Waals surface area contributed by atoms with Gasteiger partial charge < -0.3 is 0 Å². The summed E-state index contributed by atoms with van der Waals surface area (Å²) < 4.78 is 0. The van der Waals surface area contributed by atoms with Crippen LogP contribution in [0.5, 0.6) is 0 Å². The van der Waals surface area contributed by atoms with Crippen LogP contribution in [0.1, 0.15) is 39.0 Å². The molecule has 14 heavy (non-hydrogen) atoms. The molecule has 0 aliphatic heterocycles. The Hall–Kier alpha value is -0.830. The summed E-state index contributed by atoms with van der Waals surface area (Å²) in [5.41, 5.74) is 0. The van der Waals surface area contributed by atoms with Crippen LogP contribution >= 0.6 is 0 Å². The Labute approximate surface area is 86.7 Å². The molecule has 0 aromatic heterocycles. The zero-order chi connectivity index (χ0) is 10.8. The van der Waals surface area contributed by atoms with E-state index in [9.17, 15) is 4.79 Å². The van der Waals surface area contributed by atoms with Crippen LogP contribution in [0.2, 0.25) is 0 Å². The predicted molar refractivity (Wildman–Crippen MR) is 57.7 cm³/mol. The SMILES string of the molecule is CC/C=C\CCCCC(=O)N(C)OC. The molecular weight excluding hydrogens is 178 g/mol. The molecule has 0 atom stereocenters. The van der Waals surface area contributed by atoms with Crippen LogP contribution in [-0.4, -0.2) is 25.1 Å². The third-order valence-corrected chi connectivity index (χ3v) is 2.04. The highest BCUT2D eigenvalue weighted by Crippen LogP contribution is 2.03. The number of hydrogen-bond donors (Lipinski definition) is 0. The first-order valence-electron chi connectivity index (χ1n) is 5.18. The summed E-state index contributed by atoms with van der Waals surface area (Å²) in [6.45, 7) is 2.12. The van der Waals surface area contributed by atoms with Crippen molar-refractivity contribution in [3.8, 4) is 0 Å². The van der Waals surface area contributed by atoms with Crippen molar-refractivity contribution in [2.24, 2.45) is 0 Å². The highest BCUT2D eigenvalue weighted by Gasteiger charge is 2.05. The molecule has 0 radical (unpaired) electrons. The van der Waals surface area contributed by atoms with Gasteiger partial charge in [-0.05, 0) is 25.7 Å². The standard InChI is InChI=1S/C11H21NO2/c1-4-5-6-7-8-9-10-11(13)12(2)14-3/h5-6H,4,7-10H2,1-3H3/b6-5-. The van der Waals surface area contributed by atoms with E-state index in [0.29, 0.717) is 6.42 Å². The van der Waals surface area contributed by atoms with Crippen LogP contribution in [0.15, 0.2) is 12.2 Å². The molecule has 3 nitrogen and oxygen atoms in total. The molecule has 3 heteroatoms. The number of nitrogens with zero attached hydrogens (tertiary/aromatic N) is 1. The summed E-state index contributed by atoms with van der Waals surface area (Å²) in [7, 11) is 3.14. The van der Waals surface area contributed by atoms with Gasteiger partial charge >= 0.3 is 0 Å². The lowest BCUT2D eigenvalue weighted by Gasteiger charge is -2.12. The zero-order valence-electron chi connectivity index (χ0n) is 9.45. The third kappa shape index (κ3) is 6.66. The number of hydrogen-bond acceptors (Lipinski definition) is 2. The Bertz CT molecular complexity index is 178. The van der Waals surface area contributed by atoms with E-state index in [4.69, 9.17) is 4.84 Å². The van der Waals surface area contributed by atoms with Gasteiger partial charge in [-0.3, -0.25) is 9.63 Å². The lowest BCUT2D eigenvalue weighted by molar-refractivity contribution is -0.168. The second-order valence-corrected chi connectivity index (χ2v) is 3.20. The van der Waals surface area contributed by atoms with Crippen molar-refractivity contribution < 1.29 is 9.63 Å². The minimum absolute atomic E-state index is 0.0481. The second-order valence-electron chi connectivity index (χ2n) is 3.20. The number of unbranched alkanes of at least 4 members (excludes halogenated alkanes) is 2. The average molecular weight is 199 g/mol. The summed E-state index contributed by atoms with van der Waals surface area (Å²) in [5, 5.41) is 1.28. The molecule has 0 aromatic rings. The highest BCUT2D eigenvalue weighted by atomic mass is 16.7. The van der Waals surface area contributed by atoms with Crippen LogP contribution in [-0.2, 0) is 9.63 Å². The maximum absolute atomic E-state index is 11.2. The van der Waals surface area contributed by atoms with Crippen molar-refractivity contribution in [1.82, 2.24) is 5.06 Å². The van der Waals surface area contributed by atoms with E-state index in [1.54, 1.807) is 7.05 Å². The van der Waals surface area contributed by atoms with Gasteiger partial charge in [-0.2, -0.15) is 0 Å². The van der Waals surface area contributed by atoms with Crippen molar-refractivity contribution in [2.45, 2.75) is 39.0 Å². The first kappa shape index (κ1) is 13.2. The molecular formula is C11H21NO2. The van der Waals surface area contributed by atoms with Crippen LogP contribution in [0.4, 0.5) is 0 Å². The van der Waals surface area contributed by atoms with Gasteiger partial charge in [-0.1, -0.05) is 19.1 Å². The average Bonchev–Trinajstić information content (AvgIpc) is 2.21. The van der Waals surface area contributed by atoms with E-state index in [0.717, 1.165) is 25.7 Å². The fourth-order valence-corrected chi connectivity index (χ4v) is 1.08. The molecule has 0 unspecified atom stereocenters. The largest absolute Gasteiger partial charge is 0.275 e. The van der Waals surface area contributed by atoms with Gasteiger partial charge in [-0.15, -0.1) is 0 Å². The van der Waals surface area contributed by atoms with E-state index in [1.165, 1.54) is 12.2 Å². The van der Waals surface area contributed by atoms with Gasteiger partial charge in [0.1, 0.15) is 0 Å². The first-order chi connectivity index (χ1) is 6.72.